The van der Waals surface area contributed by atoms with Gasteiger partial charge in [0, 0.05) is 31.1 Å². The van der Waals surface area contributed by atoms with Gasteiger partial charge in [0.25, 0.3) is 0 Å². The van der Waals surface area contributed by atoms with Gasteiger partial charge in [-0.3, -0.25) is 14.9 Å². The number of aliphatic hydroxyl groups is 1. The van der Waals surface area contributed by atoms with Crippen molar-refractivity contribution in [3.8, 4) is 5.75 Å². The van der Waals surface area contributed by atoms with E-state index >= 15 is 0 Å². The van der Waals surface area contributed by atoms with E-state index in [4.69, 9.17) is 4.74 Å². The summed E-state index contributed by atoms with van der Waals surface area (Å²) in [5, 5.41) is 12.4. The molecule has 4 rings (SSSR count). The Balaban J connectivity index is 1.34. The number of fused-ring (bicyclic) bond motifs is 2. The van der Waals surface area contributed by atoms with E-state index in [1.807, 2.05) is 28.0 Å². The van der Waals surface area contributed by atoms with Crippen LogP contribution < -0.4 is 10.1 Å². The van der Waals surface area contributed by atoms with E-state index in [9.17, 15) is 14.7 Å². The lowest BCUT2D eigenvalue weighted by Gasteiger charge is -2.39. The standard InChI is InChI=1S/C26H38N4O4/c1-2-8-21(19-9-4-3-5-10-19)30(14-15-31)24(33)13-7-16-34-22-12-6-11-20-17-29-18-23(32)27-26(29)28-25(20)22/h6,11-12,19,21,31H,2-5,7-10,13-18H2,1H3,(H,27,28,32). The van der Waals surface area contributed by atoms with Gasteiger partial charge in [-0.1, -0.05) is 44.7 Å². The number of guanidine groups is 1. The van der Waals surface area contributed by atoms with Gasteiger partial charge >= 0.3 is 0 Å². The third-order valence-corrected chi connectivity index (χ3v) is 7.18. The SMILES string of the molecule is CCCC(C1CCCCC1)N(CCO)C(=O)CCCOc1cccc2c1N=C1NC(=O)CN1C2. The molecule has 1 aliphatic carbocycles. The highest BCUT2D eigenvalue weighted by atomic mass is 16.5. The topological polar surface area (TPSA) is 94.5 Å². The van der Waals surface area contributed by atoms with Gasteiger partial charge in [0.1, 0.15) is 18.0 Å². The van der Waals surface area contributed by atoms with Crippen LogP contribution in [0.5, 0.6) is 5.75 Å². The zero-order valence-electron chi connectivity index (χ0n) is 20.3. The van der Waals surface area contributed by atoms with Crippen molar-refractivity contribution in [3.63, 3.8) is 0 Å². The second-order valence-corrected chi connectivity index (χ2v) is 9.62. The molecule has 2 fully saturated rings. The summed E-state index contributed by atoms with van der Waals surface area (Å²) in [4.78, 5) is 33.4. The highest BCUT2D eigenvalue weighted by molar-refractivity contribution is 6.06. The van der Waals surface area contributed by atoms with Gasteiger partial charge in [0.05, 0.1) is 13.2 Å². The number of rotatable bonds is 11. The predicted octanol–water partition coefficient (Wildman–Crippen LogP) is 3.35. The monoisotopic (exact) mass is 470 g/mol. The first-order chi connectivity index (χ1) is 16.6. The summed E-state index contributed by atoms with van der Waals surface area (Å²) in [6.45, 7) is 3.95. The normalized spacial score (nSPS) is 18.6. The van der Waals surface area contributed by atoms with E-state index in [0.29, 0.717) is 56.7 Å². The Kier molecular flexibility index (Phi) is 8.43. The smallest absolute Gasteiger partial charge is 0.246 e. The van der Waals surface area contributed by atoms with Crippen LogP contribution in [0.1, 0.15) is 70.3 Å². The molecule has 0 aromatic heterocycles. The minimum Gasteiger partial charge on any atom is -0.491 e. The van der Waals surface area contributed by atoms with Crippen LogP contribution in [0.15, 0.2) is 23.2 Å². The molecule has 2 amide bonds. The number of carbonyl (C=O) groups excluding carboxylic acids is 2. The lowest BCUT2D eigenvalue weighted by atomic mass is 9.81. The first-order valence-corrected chi connectivity index (χ1v) is 12.9. The number of hydrogen-bond acceptors (Lipinski definition) is 6. The number of para-hydroxylation sites is 1. The molecular weight excluding hydrogens is 432 g/mol. The average molecular weight is 471 g/mol. The molecular formula is C26H38N4O4. The molecule has 1 saturated heterocycles. The Morgan fingerprint density at radius 1 is 1.29 bits per heavy atom. The van der Waals surface area contributed by atoms with Crippen LogP contribution in [-0.4, -0.2) is 65.0 Å². The molecule has 1 aromatic carbocycles. The summed E-state index contributed by atoms with van der Waals surface area (Å²) in [6, 6.07) is 6.05. The van der Waals surface area contributed by atoms with Crippen molar-refractivity contribution in [1.29, 1.82) is 0 Å². The van der Waals surface area contributed by atoms with E-state index in [2.05, 4.69) is 17.2 Å². The van der Waals surface area contributed by atoms with Gasteiger partial charge in [-0.05, 0) is 37.7 Å². The summed E-state index contributed by atoms with van der Waals surface area (Å²) in [5.74, 6) is 1.87. The van der Waals surface area contributed by atoms with Gasteiger partial charge in [0.2, 0.25) is 17.8 Å². The van der Waals surface area contributed by atoms with Crippen LogP contribution in [0.2, 0.25) is 0 Å². The molecule has 3 aliphatic rings. The maximum absolute atomic E-state index is 13.2. The summed E-state index contributed by atoms with van der Waals surface area (Å²) >= 11 is 0. The van der Waals surface area contributed by atoms with Crippen molar-refractivity contribution >= 4 is 23.5 Å². The molecule has 2 N–H and O–H groups in total. The third-order valence-electron chi connectivity index (χ3n) is 7.18. The number of ether oxygens (including phenoxy) is 1. The minimum atomic E-state index is -0.0467. The molecule has 2 heterocycles. The average Bonchev–Trinajstić information content (AvgIpc) is 3.22. The molecule has 8 nitrogen and oxygen atoms in total. The Labute approximate surface area is 202 Å². The van der Waals surface area contributed by atoms with Crippen molar-refractivity contribution < 1.29 is 19.4 Å². The highest BCUT2D eigenvalue weighted by Crippen LogP contribution is 2.36. The number of aliphatic hydroxyl groups excluding tert-OH is 1. The van der Waals surface area contributed by atoms with Crippen LogP contribution >= 0.6 is 0 Å². The number of hydrogen-bond donors (Lipinski definition) is 2. The second-order valence-electron chi connectivity index (χ2n) is 9.62. The summed E-state index contributed by atoms with van der Waals surface area (Å²) in [6.07, 6.45) is 9.19. The number of aliphatic imine (C=N–C) groups is 1. The van der Waals surface area contributed by atoms with E-state index < -0.39 is 0 Å². The van der Waals surface area contributed by atoms with E-state index in [0.717, 1.165) is 24.1 Å². The van der Waals surface area contributed by atoms with Crippen LogP contribution in [0.4, 0.5) is 5.69 Å². The molecule has 1 unspecified atom stereocenters. The quantitative estimate of drug-likeness (QED) is 0.484. The maximum Gasteiger partial charge on any atom is 0.246 e. The molecule has 8 heteroatoms. The first-order valence-electron chi connectivity index (χ1n) is 12.9. The summed E-state index contributed by atoms with van der Waals surface area (Å²) in [5.41, 5.74) is 1.78. The molecule has 1 saturated carbocycles. The predicted molar refractivity (Wildman–Crippen MR) is 131 cm³/mol. The molecule has 1 atom stereocenters. The van der Waals surface area contributed by atoms with Gasteiger partial charge in [-0.15, -0.1) is 0 Å². The molecule has 0 bridgehead atoms. The van der Waals surface area contributed by atoms with Crippen LogP contribution in [0.25, 0.3) is 0 Å². The van der Waals surface area contributed by atoms with E-state index in [1.54, 1.807) is 0 Å². The third kappa shape index (κ3) is 5.71. The molecule has 0 spiro atoms. The first kappa shape index (κ1) is 24.5. The zero-order valence-corrected chi connectivity index (χ0v) is 20.3. The molecule has 186 valence electrons. The lowest BCUT2D eigenvalue weighted by Crippen LogP contribution is -2.46. The molecule has 0 radical (unpaired) electrons. The van der Waals surface area contributed by atoms with Crippen molar-refractivity contribution in [1.82, 2.24) is 15.1 Å². The fraction of sp³-hybridized carbons (Fsp3) is 0.654. The van der Waals surface area contributed by atoms with Gasteiger partial charge in [-0.2, -0.15) is 0 Å². The molecule has 34 heavy (non-hydrogen) atoms. The van der Waals surface area contributed by atoms with Crippen molar-refractivity contribution in [2.24, 2.45) is 10.9 Å². The van der Waals surface area contributed by atoms with Crippen LogP contribution in [0, 0.1) is 5.92 Å². The molecule has 2 aliphatic heterocycles. The van der Waals surface area contributed by atoms with Gasteiger partial charge < -0.3 is 19.6 Å². The van der Waals surface area contributed by atoms with E-state index in [-0.39, 0.29) is 24.5 Å². The number of carbonyl (C=O) groups is 2. The van der Waals surface area contributed by atoms with Crippen LogP contribution in [-0.2, 0) is 16.1 Å². The number of nitrogens with zero attached hydrogens (tertiary/aromatic N) is 3. The maximum atomic E-state index is 13.2. The highest BCUT2D eigenvalue weighted by Gasteiger charge is 2.31. The summed E-state index contributed by atoms with van der Waals surface area (Å²) in [7, 11) is 0. The van der Waals surface area contributed by atoms with Crippen molar-refractivity contribution in [3.05, 3.63) is 23.8 Å². The Bertz CT molecular complexity index is 897. The van der Waals surface area contributed by atoms with Crippen LogP contribution in [0.3, 0.4) is 0 Å². The Morgan fingerprint density at radius 3 is 2.88 bits per heavy atom. The number of amides is 2. The number of benzene rings is 1. The second kappa shape index (κ2) is 11.7. The summed E-state index contributed by atoms with van der Waals surface area (Å²) < 4.78 is 6.04. The largest absolute Gasteiger partial charge is 0.491 e. The van der Waals surface area contributed by atoms with Crippen molar-refractivity contribution in [2.75, 3.05) is 26.3 Å². The van der Waals surface area contributed by atoms with E-state index in [1.165, 1.54) is 32.1 Å². The Hall–Kier alpha value is -2.61. The fourth-order valence-corrected chi connectivity index (χ4v) is 5.56. The van der Waals surface area contributed by atoms with Gasteiger partial charge in [-0.25, -0.2) is 4.99 Å². The Morgan fingerprint density at radius 2 is 2.12 bits per heavy atom. The van der Waals surface area contributed by atoms with Gasteiger partial charge in [0.15, 0.2) is 0 Å². The number of nitrogens with one attached hydrogen (secondary N) is 1. The molecule has 1 aromatic rings. The fourth-order valence-electron chi connectivity index (χ4n) is 5.56. The minimum absolute atomic E-state index is 0.000774. The zero-order chi connectivity index (χ0) is 23.9. The lowest BCUT2D eigenvalue weighted by molar-refractivity contribution is -0.136. The van der Waals surface area contributed by atoms with Crippen molar-refractivity contribution in [2.45, 2.75) is 77.3 Å².